The normalized spacial score (nSPS) is 15.7. The van der Waals surface area contributed by atoms with E-state index in [1.165, 1.54) is 0 Å². The van der Waals surface area contributed by atoms with Gasteiger partial charge in [0.15, 0.2) is 0 Å². The largest absolute Gasteiger partial charge is 0.301 e. The second kappa shape index (κ2) is 4.19. The molecule has 0 aromatic carbocycles. The Morgan fingerprint density at radius 3 is 2.62 bits per heavy atom. The number of hydrogen-bond acceptors (Lipinski definition) is 3. The van der Waals surface area contributed by atoms with E-state index in [1.807, 2.05) is 13.8 Å². The van der Waals surface area contributed by atoms with Crippen LogP contribution in [0.4, 0.5) is 0 Å². The van der Waals surface area contributed by atoms with Crippen molar-refractivity contribution in [1.82, 2.24) is 14.8 Å². The number of hydrogen-bond donors (Lipinski definition) is 0. The molecule has 1 aromatic heterocycles. The summed E-state index contributed by atoms with van der Waals surface area (Å²) in [4.78, 5) is 0. The molecule has 0 aliphatic heterocycles. The third-order valence-electron chi connectivity index (χ3n) is 1.90. The van der Waals surface area contributed by atoms with Gasteiger partial charge in [-0.1, -0.05) is 0 Å². The van der Waals surface area contributed by atoms with Crippen molar-refractivity contribution in [2.75, 3.05) is 6.26 Å². The van der Waals surface area contributed by atoms with Crippen LogP contribution in [-0.2, 0) is 17.3 Å². The van der Waals surface area contributed by atoms with Crippen LogP contribution in [0.2, 0.25) is 5.28 Å². The van der Waals surface area contributed by atoms with Crippen molar-refractivity contribution >= 4 is 22.4 Å². The predicted molar refractivity (Wildman–Crippen MR) is 53.3 cm³/mol. The maximum Gasteiger partial charge on any atom is 0.225 e. The van der Waals surface area contributed by atoms with Crippen LogP contribution in [0.5, 0.6) is 0 Å². The third-order valence-corrected chi connectivity index (χ3v) is 3.46. The molecule has 1 aromatic rings. The van der Waals surface area contributed by atoms with Crippen LogP contribution in [-0.4, -0.2) is 30.5 Å². The highest BCUT2D eigenvalue weighted by atomic mass is 35.5. The Morgan fingerprint density at radius 2 is 2.23 bits per heavy atom. The first-order valence-corrected chi connectivity index (χ1v) is 5.90. The summed E-state index contributed by atoms with van der Waals surface area (Å²) in [5.41, 5.74) is 0. The fourth-order valence-corrected chi connectivity index (χ4v) is 1.51. The highest BCUT2D eigenvalue weighted by Crippen LogP contribution is 2.09. The molecular formula is C7H12ClN3OS. The molecule has 6 heteroatoms. The van der Waals surface area contributed by atoms with Crippen LogP contribution in [0.3, 0.4) is 0 Å². The van der Waals surface area contributed by atoms with Crippen molar-refractivity contribution in [3.8, 4) is 0 Å². The molecule has 74 valence electrons. The third kappa shape index (κ3) is 2.51. The van der Waals surface area contributed by atoms with Crippen LogP contribution in [0, 0.1) is 6.92 Å². The first kappa shape index (κ1) is 10.7. The van der Waals surface area contributed by atoms with Crippen LogP contribution in [0.1, 0.15) is 12.7 Å². The predicted octanol–water partition coefficient (Wildman–Crippen LogP) is 1.01. The molecule has 0 fully saturated rings. The van der Waals surface area contributed by atoms with Crippen LogP contribution >= 0.6 is 11.6 Å². The highest BCUT2D eigenvalue weighted by molar-refractivity contribution is 7.84. The molecule has 1 rings (SSSR count). The second-order valence-corrected chi connectivity index (χ2v) is 5.08. The fraction of sp³-hybridized carbons (Fsp3) is 0.714. The monoisotopic (exact) mass is 221 g/mol. The number of aryl methyl sites for hydroxylation is 1. The van der Waals surface area contributed by atoms with Gasteiger partial charge in [-0.05, 0) is 25.4 Å². The Bertz CT molecular complexity index is 306. The number of aromatic nitrogens is 3. The van der Waals surface area contributed by atoms with E-state index in [1.54, 1.807) is 10.8 Å². The first-order chi connectivity index (χ1) is 6.02. The molecular weight excluding hydrogens is 210 g/mol. The lowest BCUT2D eigenvalue weighted by molar-refractivity contribution is 0.633. The van der Waals surface area contributed by atoms with Gasteiger partial charge in [-0.15, -0.1) is 10.2 Å². The summed E-state index contributed by atoms with van der Waals surface area (Å²) in [7, 11) is -0.847. The smallest absolute Gasteiger partial charge is 0.225 e. The fourth-order valence-electron chi connectivity index (χ4n) is 0.925. The van der Waals surface area contributed by atoms with Crippen LogP contribution in [0.15, 0.2) is 0 Å². The zero-order valence-electron chi connectivity index (χ0n) is 7.82. The van der Waals surface area contributed by atoms with Gasteiger partial charge in [0.2, 0.25) is 5.28 Å². The lowest BCUT2D eigenvalue weighted by atomic mass is 10.4. The molecule has 0 aliphatic carbocycles. The summed E-state index contributed by atoms with van der Waals surface area (Å²) >= 11 is 5.78. The van der Waals surface area contributed by atoms with Crippen LogP contribution < -0.4 is 0 Å². The lowest BCUT2D eigenvalue weighted by Crippen LogP contribution is -2.18. The van der Waals surface area contributed by atoms with Crippen molar-refractivity contribution in [3.05, 3.63) is 11.1 Å². The van der Waals surface area contributed by atoms with Crippen molar-refractivity contribution in [3.63, 3.8) is 0 Å². The molecule has 0 saturated carbocycles. The van der Waals surface area contributed by atoms with Gasteiger partial charge in [-0.25, -0.2) is 0 Å². The van der Waals surface area contributed by atoms with E-state index in [-0.39, 0.29) is 5.25 Å². The van der Waals surface area contributed by atoms with E-state index in [9.17, 15) is 4.21 Å². The average Bonchev–Trinajstić information content (AvgIpc) is 2.35. The van der Waals surface area contributed by atoms with Gasteiger partial charge < -0.3 is 4.57 Å². The van der Waals surface area contributed by atoms with Gasteiger partial charge in [0.1, 0.15) is 5.82 Å². The molecule has 13 heavy (non-hydrogen) atoms. The molecule has 0 aliphatic rings. The van der Waals surface area contributed by atoms with E-state index >= 15 is 0 Å². The van der Waals surface area contributed by atoms with Crippen molar-refractivity contribution in [2.45, 2.75) is 25.6 Å². The molecule has 2 atom stereocenters. The molecule has 1 heterocycles. The van der Waals surface area contributed by atoms with Crippen molar-refractivity contribution < 1.29 is 4.21 Å². The summed E-state index contributed by atoms with van der Waals surface area (Å²) in [5.74, 6) is 0.752. The average molecular weight is 222 g/mol. The Kier molecular flexibility index (Phi) is 3.44. The summed E-state index contributed by atoms with van der Waals surface area (Å²) in [6.07, 6.45) is 1.68. The maximum absolute atomic E-state index is 11.1. The van der Waals surface area contributed by atoms with E-state index in [4.69, 9.17) is 11.6 Å². The minimum atomic E-state index is -0.847. The summed E-state index contributed by atoms with van der Waals surface area (Å²) < 4.78 is 12.9. The Morgan fingerprint density at radius 1 is 1.62 bits per heavy atom. The molecule has 0 spiro atoms. The van der Waals surface area contributed by atoms with E-state index in [2.05, 4.69) is 10.2 Å². The van der Waals surface area contributed by atoms with Gasteiger partial charge in [0, 0.05) is 28.9 Å². The summed E-state index contributed by atoms with van der Waals surface area (Å²) in [6.45, 7) is 4.33. The zero-order valence-corrected chi connectivity index (χ0v) is 9.39. The van der Waals surface area contributed by atoms with Gasteiger partial charge in [0.05, 0.1) is 0 Å². The van der Waals surface area contributed by atoms with E-state index < -0.39 is 10.8 Å². The Hall–Kier alpha value is -0.420. The minimum Gasteiger partial charge on any atom is -0.301 e. The molecule has 0 saturated heterocycles. The first-order valence-electron chi connectivity index (χ1n) is 3.90. The van der Waals surface area contributed by atoms with Gasteiger partial charge in [0.25, 0.3) is 0 Å². The second-order valence-electron chi connectivity index (χ2n) is 2.94. The Labute approximate surface area is 84.8 Å². The zero-order chi connectivity index (χ0) is 10.0. The molecule has 2 unspecified atom stereocenters. The minimum absolute atomic E-state index is 0.0622. The van der Waals surface area contributed by atoms with Crippen LogP contribution in [0.25, 0.3) is 0 Å². The summed E-state index contributed by atoms with van der Waals surface area (Å²) in [5, 5.41) is 7.94. The molecule has 0 bridgehead atoms. The van der Waals surface area contributed by atoms with Gasteiger partial charge >= 0.3 is 0 Å². The Balaban J connectivity index is 2.79. The summed E-state index contributed by atoms with van der Waals surface area (Å²) in [6, 6.07) is 0. The standard InChI is InChI=1S/C7H12ClN3OS/c1-5(13(3)12)4-11-6(2)9-10-7(11)8/h5H,4H2,1-3H3. The van der Waals surface area contributed by atoms with Crippen molar-refractivity contribution in [1.29, 1.82) is 0 Å². The van der Waals surface area contributed by atoms with Gasteiger partial charge in [-0.3, -0.25) is 4.21 Å². The topological polar surface area (TPSA) is 47.8 Å². The SMILES string of the molecule is Cc1nnc(Cl)n1CC(C)S(C)=O. The quantitative estimate of drug-likeness (QED) is 0.766. The molecule has 0 N–H and O–H groups in total. The van der Waals surface area contributed by atoms with Crippen molar-refractivity contribution in [2.24, 2.45) is 0 Å². The molecule has 4 nitrogen and oxygen atoms in total. The maximum atomic E-state index is 11.1. The number of rotatable bonds is 3. The van der Waals surface area contributed by atoms with E-state index in [0.717, 1.165) is 5.82 Å². The number of nitrogens with zero attached hydrogens (tertiary/aromatic N) is 3. The lowest BCUT2D eigenvalue weighted by Gasteiger charge is -2.10. The number of halogens is 1. The van der Waals surface area contributed by atoms with Gasteiger partial charge in [-0.2, -0.15) is 0 Å². The molecule has 0 radical (unpaired) electrons. The highest BCUT2D eigenvalue weighted by Gasteiger charge is 2.12. The molecule has 0 amide bonds. The van der Waals surface area contributed by atoms with E-state index in [0.29, 0.717) is 11.8 Å².